The number of amides is 3. The molecule has 2 aliphatic heterocycles. The van der Waals surface area contributed by atoms with Gasteiger partial charge >= 0.3 is 5.97 Å². The van der Waals surface area contributed by atoms with Gasteiger partial charge in [-0.3, -0.25) is 14.4 Å². The molecule has 0 radical (unpaired) electrons. The quantitative estimate of drug-likeness (QED) is 0.220. The third-order valence-electron chi connectivity index (χ3n) is 9.75. The van der Waals surface area contributed by atoms with Crippen molar-refractivity contribution in [3.05, 3.63) is 76.3 Å². The van der Waals surface area contributed by atoms with Crippen LogP contribution in [-0.2, 0) is 41.7 Å². The highest BCUT2D eigenvalue weighted by atomic mass is 35.5. The standard InChI is InChI=1S/C39H52ClN3O8/c1-22(33-34(51-33)26-15-12-24(21-44)13-16-26)30-10-9-11-32(45)42-28(19-25-14-17-31(49-8)27(40)18-25)35(46)41-23(2)39(6,7)37(48)43-29(36(47)50-30)20-38(3,4)5/h9,11-18,22-23,28-30,33-34,44H,10,19-21H2,1-8H3,(H,41,46)(H,42,45)(H,43,48)/b11-9+/t22-,23?,28+,29-,30-,33+,34+/m0/s1. The number of methoxy groups -OCH3 is 1. The third-order valence-corrected chi connectivity index (χ3v) is 10.0. The molecule has 0 spiro atoms. The first kappa shape index (κ1) is 39.8. The second-order valence-electron chi connectivity index (χ2n) is 15.4. The summed E-state index contributed by atoms with van der Waals surface area (Å²) in [5.41, 5.74) is 0.921. The van der Waals surface area contributed by atoms with E-state index in [0.29, 0.717) is 22.8 Å². The molecule has 0 bridgehead atoms. The summed E-state index contributed by atoms with van der Waals surface area (Å²) in [4.78, 5) is 54.8. The van der Waals surface area contributed by atoms with Gasteiger partial charge in [0, 0.05) is 24.8 Å². The Morgan fingerprint density at radius 3 is 2.27 bits per heavy atom. The minimum absolute atomic E-state index is 0.0623. The van der Waals surface area contributed by atoms with Crippen LogP contribution >= 0.6 is 11.6 Å². The third kappa shape index (κ3) is 10.6. The molecule has 2 aromatic rings. The molecule has 2 aromatic carbocycles. The van der Waals surface area contributed by atoms with E-state index in [1.165, 1.54) is 13.2 Å². The minimum Gasteiger partial charge on any atom is -0.495 e. The van der Waals surface area contributed by atoms with E-state index in [9.17, 15) is 24.3 Å². The number of epoxide rings is 1. The highest BCUT2D eigenvalue weighted by molar-refractivity contribution is 6.32. The Hall–Kier alpha value is -3.93. The lowest BCUT2D eigenvalue weighted by Crippen LogP contribution is -2.58. The second kappa shape index (κ2) is 16.6. The Labute approximate surface area is 305 Å². The number of hydrogen-bond donors (Lipinski definition) is 4. The van der Waals surface area contributed by atoms with E-state index in [4.69, 9.17) is 25.8 Å². The number of halogens is 1. The van der Waals surface area contributed by atoms with Gasteiger partial charge in [0.25, 0.3) is 0 Å². The Morgan fingerprint density at radius 1 is 1.00 bits per heavy atom. The summed E-state index contributed by atoms with van der Waals surface area (Å²) >= 11 is 6.36. The van der Waals surface area contributed by atoms with Gasteiger partial charge in [-0.1, -0.05) is 75.7 Å². The van der Waals surface area contributed by atoms with Crippen molar-refractivity contribution in [2.24, 2.45) is 16.7 Å². The highest BCUT2D eigenvalue weighted by Crippen LogP contribution is 2.45. The summed E-state index contributed by atoms with van der Waals surface area (Å²) in [6, 6.07) is 9.97. The molecule has 2 aliphatic rings. The van der Waals surface area contributed by atoms with Crippen LogP contribution in [0.3, 0.4) is 0 Å². The summed E-state index contributed by atoms with van der Waals surface area (Å²) in [7, 11) is 1.51. The summed E-state index contributed by atoms with van der Waals surface area (Å²) in [5.74, 6) is -1.82. The Kier molecular flexibility index (Phi) is 13.0. The van der Waals surface area contributed by atoms with Crippen molar-refractivity contribution in [3.63, 3.8) is 0 Å². The van der Waals surface area contributed by atoms with Crippen molar-refractivity contribution in [1.29, 1.82) is 0 Å². The molecule has 278 valence electrons. The molecule has 51 heavy (non-hydrogen) atoms. The maximum absolute atomic E-state index is 13.9. The maximum Gasteiger partial charge on any atom is 0.328 e. The Morgan fingerprint density at radius 2 is 1.67 bits per heavy atom. The van der Waals surface area contributed by atoms with E-state index in [-0.39, 0.29) is 43.0 Å². The lowest BCUT2D eigenvalue weighted by Gasteiger charge is -2.35. The molecule has 11 nitrogen and oxygen atoms in total. The Balaban J connectivity index is 1.65. The van der Waals surface area contributed by atoms with E-state index >= 15 is 0 Å². The van der Waals surface area contributed by atoms with Crippen LogP contribution in [0.15, 0.2) is 54.6 Å². The van der Waals surface area contributed by atoms with E-state index in [1.807, 2.05) is 52.0 Å². The van der Waals surface area contributed by atoms with Gasteiger partial charge in [-0.15, -0.1) is 0 Å². The zero-order valence-electron chi connectivity index (χ0n) is 30.7. The van der Waals surface area contributed by atoms with Crippen molar-refractivity contribution in [1.82, 2.24) is 16.0 Å². The van der Waals surface area contributed by atoms with Crippen LogP contribution in [0, 0.1) is 16.7 Å². The van der Waals surface area contributed by atoms with Crippen molar-refractivity contribution in [3.8, 4) is 5.75 Å². The van der Waals surface area contributed by atoms with Gasteiger partial charge in [0.2, 0.25) is 17.7 Å². The number of cyclic esters (lactones) is 1. The van der Waals surface area contributed by atoms with Crippen LogP contribution in [0.25, 0.3) is 0 Å². The first-order chi connectivity index (χ1) is 23.9. The highest BCUT2D eigenvalue weighted by Gasteiger charge is 2.48. The van der Waals surface area contributed by atoms with Crippen molar-refractivity contribution in [2.75, 3.05) is 7.11 Å². The minimum atomic E-state index is -1.16. The molecular formula is C39H52ClN3O8. The SMILES string of the molecule is COc1ccc(C[C@H]2NC(=O)/C=C/C[C@@H]([C@H](C)[C@H]3O[C@@H]3c3ccc(CO)cc3)OC(=O)[C@H](CC(C)(C)C)NC(=O)C(C)(C)C(C)NC2=O)cc1Cl. The number of nitrogens with one attached hydrogen (secondary N) is 3. The van der Waals surface area contributed by atoms with E-state index in [0.717, 1.165) is 11.1 Å². The fourth-order valence-electron chi connectivity index (χ4n) is 6.07. The average Bonchev–Trinajstić information content (AvgIpc) is 3.87. The van der Waals surface area contributed by atoms with Crippen LogP contribution in [0.2, 0.25) is 5.02 Å². The molecule has 4 rings (SSSR count). The monoisotopic (exact) mass is 725 g/mol. The fourth-order valence-corrected chi connectivity index (χ4v) is 6.35. The number of rotatable bonds is 8. The molecule has 0 aromatic heterocycles. The molecule has 0 aliphatic carbocycles. The van der Waals surface area contributed by atoms with Gasteiger partial charge in [-0.2, -0.15) is 0 Å². The van der Waals surface area contributed by atoms with Crippen LogP contribution in [0.4, 0.5) is 0 Å². The second-order valence-corrected chi connectivity index (χ2v) is 15.8. The van der Waals surface area contributed by atoms with Crippen LogP contribution in [0.5, 0.6) is 5.75 Å². The molecule has 3 amide bonds. The number of aliphatic hydroxyl groups excluding tert-OH is 1. The average molecular weight is 726 g/mol. The van der Waals surface area contributed by atoms with Gasteiger partial charge in [-0.05, 0) is 67.5 Å². The zero-order valence-corrected chi connectivity index (χ0v) is 31.5. The topological polar surface area (TPSA) is 156 Å². The number of hydrogen-bond acceptors (Lipinski definition) is 8. The largest absolute Gasteiger partial charge is 0.495 e. The van der Waals surface area contributed by atoms with Crippen molar-refractivity contribution >= 4 is 35.3 Å². The van der Waals surface area contributed by atoms with Gasteiger partial charge in [0.05, 0.1) is 30.3 Å². The Bertz CT molecular complexity index is 1600. The summed E-state index contributed by atoms with van der Waals surface area (Å²) in [5, 5.41) is 18.4. The van der Waals surface area contributed by atoms with Crippen molar-refractivity contribution < 1.29 is 38.5 Å². The number of carbonyl (C=O) groups excluding carboxylic acids is 4. The molecule has 4 N–H and O–H groups in total. The van der Waals surface area contributed by atoms with Gasteiger partial charge in [0.15, 0.2) is 0 Å². The molecule has 7 atom stereocenters. The molecule has 1 saturated heterocycles. The predicted octanol–water partition coefficient (Wildman–Crippen LogP) is 4.97. The molecule has 0 saturated carbocycles. The first-order valence-electron chi connectivity index (χ1n) is 17.4. The molecule has 1 unspecified atom stereocenters. The fraction of sp³-hybridized carbons (Fsp3) is 0.538. The van der Waals surface area contributed by atoms with Crippen LogP contribution < -0.4 is 20.7 Å². The number of carbonyl (C=O) groups is 4. The molecule has 1 fully saturated rings. The van der Waals surface area contributed by atoms with Gasteiger partial charge < -0.3 is 35.3 Å². The van der Waals surface area contributed by atoms with Crippen LogP contribution in [-0.4, -0.2) is 66.2 Å². The lowest BCUT2D eigenvalue weighted by molar-refractivity contribution is -0.157. The van der Waals surface area contributed by atoms with E-state index in [2.05, 4.69) is 16.0 Å². The van der Waals surface area contributed by atoms with E-state index in [1.54, 1.807) is 45.0 Å². The molecule has 2 heterocycles. The van der Waals surface area contributed by atoms with Crippen LogP contribution in [0.1, 0.15) is 84.1 Å². The summed E-state index contributed by atoms with van der Waals surface area (Å²) in [6.45, 7) is 12.9. The van der Waals surface area contributed by atoms with Gasteiger partial charge in [0.1, 0.15) is 30.0 Å². The van der Waals surface area contributed by atoms with Crippen molar-refractivity contribution in [2.45, 2.75) is 111 Å². The predicted molar refractivity (Wildman–Crippen MR) is 194 cm³/mol. The van der Waals surface area contributed by atoms with Gasteiger partial charge in [-0.25, -0.2) is 4.79 Å². The number of esters is 1. The number of aliphatic hydroxyl groups is 1. The maximum atomic E-state index is 13.9. The molecule has 12 heteroatoms. The first-order valence-corrected chi connectivity index (χ1v) is 17.8. The normalized spacial score (nSPS) is 27.3. The summed E-state index contributed by atoms with van der Waals surface area (Å²) in [6.07, 6.45) is 2.37. The lowest BCUT2D eigenvalue weighted by atomic mass is 9.82. The number of benzene rings is 2. The van der Waals surface area contributed by atoms with E-state index < -0.39 is 53.3 Å². The zero-order chi connectivity index (χ0) is 37.7. The smallest absolute Gasteiger partial charge is 0.328 e. The molecular weight excluding hydrogens is 674 g/mol. The number of ether oxygens (including phenoxy) is 3. The summed E-state index contributed by atoms with van der Waals surface area (Å²) < 4.78 is 17.5.